The quantitative estimate of drug-likeness (QED) is 0.655. The summed E-state index contributed by atoms with van der Waals surface area (Å²) in [5, 5.41) is 7.08. The van der Waals surface area contributed by atoms with E-state index in [1.54, 1.807) is 10.7 Å². The Balaban J connectivity index is 1.45. The highest BCUT2D eigenvalue weighted by molar-refractivity contribution is 5.97. The molecule has 32 heavy (non-hydrogen) atoms. The van der Waals surface area contributed by atoms with Gasteiger partial charge in [-0.05, 0) is 23.8 Å². The zero-order valence-electron chi connectivity index (χ0n) is 16.8. The van der Waals surface area contributed by atoms with Crippen molar-refractivity contribution in [1.82, 2.24) is 20.0 Å². The minimum Gasteiger partial charge on any atom is -0.405 e. The number of carbonyl (C=O) groups is 2. The number of nitrogens with one attached hydrogen (secondary N) is 1. The molecular weight excluding hydrogens is 425 g/mol. The Morgan fingerprint density at radius 2 is 1.75 bits per heavy atom. The van der Waals surface area contributed by atoms with Gasteiger partial charge in [0, 0.05) is 13.1 Å². The average Bonchev–Trinajstić information content (AvgIpc) is 3.20. The monoisotopic (exact) mass is 444 g/mol. The summed E-state index contributed by atoms with van der Waals surface area (Å²) < 4.78 is 43.7. The first-order chi connectivity index (χ1) is 15.3. The number of fused-ring (bicyclic) bond motifs is 1. The van der Waals surface area contributed by atoms with Gasteiger partial charge >= 0.3 is 6.36 Å². The lowest BCUT2D eigenvalue weighted by Crippen LogP contribution is -2.38. The van der Waals surface area contributed by atoms with E-state index >= 15 is 0 Å². The van der Waals surface area contributed by atoms with Crippen LogP contribution in [0.1, 0.15) is 32.1 Å². The normalized spacial score (nSPS) is 13.4. The van der Waals surface area contributed by atoms with Crippen molar-refractivity contribution in [3.8, 4) is 5.75 Å². The maximum absolute atomic E-state index is 12.9. The number of amides is 2. The van der Waals surface area contributed by atoms with Crippen LogP contribution >= 0.6 is 0 Å². The predicted molar refractivity (Wildman–Crippen MR) is 108 cm³/mol. The van der Waals surface area contributed by atoms with E-state index in [-0.39, 0.29) is 30.3 Å². The Bertz CT molecular complexity index is 1130. The molecule has 2 amide bonds. The summed E-state index contributed by atoms with van der Waals surface area (Å²) in [4.78, 5) is 26.7. The molecule has 1 N–H and O–H groups in total. The molecule has 0 saturated heterocycles. The van der Waals surface area contributed by atoms with Crippen molar-refractivity contribution in [3.63, 3.8) is 0 Å². The van der Waals surface area contributed by atoms with Gasteiger partial charge in [0.15, 0.2) is 5.69 Å². The van der Waals surface area contributed by atoms with Gasteiger partial charge in [0.1, 0.15) is 5.75 Å². The molecular formula is C22H19F3N4O3. The third-order valence-electron chi connectivity index (χ3n) is 4.96. The number of ether oxygens (including phenoxy) is 1. The van der Waals surface area contributed by atoms with E-state index in [9.17, 15) is 22.8 Å². The number of carbonyl (C=O) groups excluding carboxylic acids is 2. The molecule has 166 valence electrons. The van der Waals surface area contributed by atoms with E-state index in [0.717, 1.165) is 11.6 Å². The minimum absolute atomic E-state index is 0.109. The Morgan fingerprint density at radius 3 is 2.50 bits per heavy atom. The molecule has 2 aromatic carbocycles. The van der Waals surface area contributed by atoms with Crippen LogP contribution in [0.4, 0.5) is 13.2 Å². The lowest BCUT2D eigenvalue weighted by molar-refractivity contribution is -0.274. The number of para-hydroxylation sites is 1. The van der Waals surface area contributed by atoms with Crippen LogP contribution in [-0.4, -0.2) is 39.4 Å². The van der Waals surface area contributed by atoms with Gasteiger partial charge in [0.2, 0.25) is 0 Å². The molecule has 0 aliphatic carbocycles. The first-order valence-electron chi connectivity index (χ1n) is 9.83. The number of hydrogen-bond acceptors (Lipinski definition) is 4. The summed E-state index contributed by atoms with van der Waals surface area (Å²) in [5.74, 6) is -1.49. The highest BCUT2D eigenvalue weighted by Gasteiger charge is 2.34. The summed E-state index contributed by atoms with van der Waals surface area (Å²) in [7, 11) is 0. The molecule has 0 atom stereocenters. The van der Waals surface area contributed by atoms with Crippen molar-refractivity contribution in [1.29, 1.82) is 0 Å². The van der Waals surface area contributed by atoms with Crippen molar-refractivity contribution >= 4 is 11.8 Å². The second-order valence-electron chi connectivity index (χ2n) is 7.18. The summed E-state index contributed by atoms with van der Waals surface area (Å²) in [6, 6.07) is 16.2. The first-order valence-corrected chi connectivity index (χ1v) is 9.83. The highest BCUT2D eigenvalue weighted by atomic mass is 19.4. The minimum atomic E-state index is -4.90. The summed E-state index contributed by atoms with van der Waals surface area (Å²) in [6.07, 6.45) is -4.90. The smallest absolute Gasteiger partial charge is 0.405 e. The Kier molecular flexibility index (Phi) is 5.85. The van der Waals surface area contributed by atoms with Crippen molar-refractivity contribution in [2.24, 2.45) is 0 Å². The topological polar surface area (TPSA) is 76.5 Å². The van der Waals surface area contributed by atoms with Crippen molar-refractivity contribution in [3.05, 3.63) is 83.2 Å². The molecule has 0 unspecified atom stereocenters. The molecule has 7 nitrogen and oxygen atoms in total. The van der Waals surface area contributed by atoms with Crippen molar-refractivity contribution in [2.45, 2.75) is 26.0 Å². The SMILES string of the molecule is O=C(NCc1ccccc1)c1cc2n(n1)CCN(C(=O)c1ccccc1OC(F)(F)F)C2. The van der Waals surface area contributed by atoms with Crippen LogP contribution in [0.5, 0.6) is 5.75 Å². The standard InChI is InChI=1S/C22H19F3N4O3/c23-22(24,25)32-19-9-5-4-8-17(19)21(31)28-10-11-29-16(14-28)12-18(27-29)20(30)26-13-15-6-2-1-3-7-15/h1-9,12H,10-11,13-14H2,(H,26,30). The average molecular weight is 444 g/mol. The maximum Gasteiger partial charge on any atom is 0.573 e. The second-order valence-corrected chi connectivity index (χ2v) is 7.18. The number of rotatable bonds is 5. The largest absolute Gasteiger partial charge is 0.573 e. The number of nitrogens with zero attached hydrogens (tertiary/aromatic N) is 3. The van der Waals surface area contributed by atoms with Crippen LogP contribution in [-0.2, 0) is 19.6 Å². The third-order valence-corrected chi connectivity index (χ3v) is 4.96. The van der Waals surface area contributed by atoms with Crippen molar-refractivity contribution < 1.29 is 27.5 Å². The van der Waals surface area contributed by atoms with E-state index in [4.69, 9.17) is 0 Å². The third kappa shape index (κ3) is 4.90. The van der Waals surface area contributed by atoms with Gasteiger partial charge < -0.3 is 15.0 Å². The van der Waals surface area contributed by atoms with Crippen LogP contribution in [0.3, 0.4) is 0 Å². The summed E-state index contributed by atoms with van der Waals surface area (Å²) in [5.41, 5.74) is 1.59. The van der Waals surface area contributed by atoms with Gasteiger partial charge in [-0.2, -0.15) is 5.10 Å². The van der Waals surface area contributed by atoms with Crippen molar-refractivity contribution in [2.75, 3.05) is 6.54 Å². The van der Waals surface area contributed by atoms with E-state index in [1.165, 1.54) is 23.1 Å². The molecule has 4 rings (SSSR count). The predicted octanol–water partition coefficient (Wildman–Crippen LogP) is 3.37. The number of aromatic nitrogens is 2. The van der Waals surface area contributed by atoms with Crippen LogP contribution in [0.2, 0.25) is 0 Å². The van der Waals surface area contributed by atoms with Gasteiger partial charge in [-0.3, -0.25) is 14.3 Å². The Morgan fingerprint density at radius 1 is 1.03 bits per heavy atom. The van der Waals surface area contributed by atoms with Crippen LogP contribution in [0.15, 0.2) is 60.7 Å². The molecule has 0 fully saturated rings. The van der Waals surface area contributed by atoms with Gasteiger partial charge in [-0.15, -0.1) is 13.2 Å². The van der Waals surface area contributed by atoms with Crippen LogP contribution in [0, 0.1) is 0 Å². The van der Waals surface area contributed by atoms with Crippen LogP contribution < -0.4 is 10.1 Å². The first kappa shape index (κ1) is 21.4. The fourth-order valence-electron chi connectivity index (χ4n) is 3.45. The van der Waals surface area contributed by atoms with E-state index < -0.39 is 18.0 Å². The molecule has 0 bridgehead atoms. The zero-order chi connectivity index (χ0) is 22.7. The van der Waals surface area contributed by atoms with E-state index in [1.807, 2.05) is 30.3 Å². The fraction of sp³-hybridized carbons (Fsp3) is 0.227. The molecule has 10 heteroatoms. The zero-order valence-corrected chi connectivity index (χ0v) is 16.8. The number of hydrogen-bond donors (Lipinski definition) is 1. The number of benzene rings is 2. The lowest BCUT2D eigenvalue weighted by atomic mass is 10.1. The number of alkyl halides is 3. The Labute approximate surface area is 181 Å². The molecule has 2 heterocycles. The van der Waals surface area contributed by atoms with Gasteiger partial charge in [-0.25, -0.2) is 0 Å². The summed E-state index contributed by atoms with van der Waals surface area (Å²) in [6.45, 7) is 1.01. The second kappa shape index (κ2) is 8.74. The Hall–Kier alpha value is -3.82. The van der Waals surface area contributed by atoms with Crippen LogP contribution in [0.25, 0.3) is 0 Å². The molecule has 1 aliphatic rings. The molecule has 0 radical (unpaired) electrons. The highest BCUT2D eigenvalue weighted by Crippen LogP contribution is 2.28. The molecule has 3 aromatic rings. The molecule has 0 saturated carbocycles. The van der Waals surface area contributed by atoms with Gasteiger partial charge in [0.05, 0.1) is 24.3 Å². The molecule has 1 aliphatic heterocycles. The fourth-order valence-corrected chi connectivity index (χ4v) is 3.45. The summed E-state index contributed by atoms with van der Waals surface area (Å²) >= 11 is 0. The van der Waals surface area contributed by atoms with Gasteiger partial charge in [0.25, 0.3) is 11.8 Å². The van der Waals surface area contributed by atoms with Gasteiger partial charge in [-0.1, -0.05) is 42.5 Å². The number of halogens is 3. The maximum atomic E-state index is 12.9. The van der Waals surface area contributed by atoms with E-state index in [2.05, 4.69) is 15.2 Å². The molecule has 0 spiro atoms. The van der Waals surface area contributed by atoms with E-state index in [0.29, 0.717) is 18.8 Å². The molecule has 1 aromatic heterocycles. The lowest BCUT2D eigenvalue weighted by Gasteiger charge is -2.28.